The summed E-state index contributed by atoms with van der Waals surface area (Å²) in [6, 6.07) is 5.04. The molecule has 3 heterocycles. The maximum Gasteiger partial charge on any atom is 0.435 e. The van der Waals surface area contributed by atoms with Gasteiger partial charge in [0.2, 0.25) is 0 Å². The van der Waals surface area contributed by atoms with Crippen molar-refractivity contribution in [2.75, 3.05) is 5.75 Å². The summed E-state index contributed by atoms with van der Waals surface area (Å²) in [6.07, 6.45) is -1.91. The Bertz CT molecular complexity index is 1010. The van der Waals surface area contributed by atoms with Crippen LogP contribution in [-0.2, 0) is 16.0 Å². The number of alkyl halides is 3. The van der Waals surface area contributed by atoms with Gasteiger partial charge >= 0.3 is 6.18 Å². The van der Waals surface area contributed by atoms with E-state index in [9.17, 15) is 21.6 Å². The van der Waals surface area contributed by atoms with E-state index in [0.29, 0.717) is 0 Å². The van der Waals surface area contributed by atoms with Crippen LogP contribution in [0.15, 0.2) is 41.6 Å². The van der Waals surface area contributed by atoms with E-state index in [4.69, 9.17) is 0 Å². The van der Waals surface area contributed by atoms with Crippen LogP contribution in [0.1, 0.15) is 12.6 Å². The van der Waals surface area contributed by atoms with Crippen molar-refractivity contribution in [3.8, 4) is 11.4 Å². The first-order valence-corrected chi connectivity index (χ1v) is 8.49. The number of hydrogen-bond donors (Lipinski definition) is 0. The average molecular weight is 356 g/mol. The largest absolute Gasteiger partial charge is 0.435 e. The number of halogens is 3. The summed E-state index contributed by atoms with van der Waals surface area (Å²) in [5.74, 6) is -0.126. The highest BCUT2D eigenvalue weighted by atomic mass is 32.2. The molecule has 0 radical (unpaired) electrons. The zero-order valence-corrected chi connectivity index (χ0v) is 13.1. The van der Waals surface area contributed by atoms with E-state index in [1.165, 1.54) is 37.5 Å². The molecule has 0 spiro atoms. The molecule has 0 aliphatic rings. The van der Waals surface area contributed by atoms with Crippen LogP contribution in [0.4, 0.5) is 13.2 Å². The number of aromatic nitrogens is 4. The van der Waals surface area contributed by atoms with Crippen LogP contribution in [-0.4, -0.2) is 33.8 Å². The summed E-state index contributed by atoms with van der Waals surface area (Å²) in [7, 11) is -3.55. The number of pyridine rings is 1. The minimum Gasteiger partial charge on any atom is -0.253 e. The molecule has 0 atom stereocenters. The fraction of sp³-hybridized carbons (Fsp3) is 0.214. The highest BCUT2D eigenvalue weighted by molar-refractivity contribution is 7.91. The van der Waals surface area contributed by atoms with Crippen molar-refractivity contribution in [3.05, 3.63) is 42.4 Å². The zero-order valence-electron chi connectivity index (χ0n) is 12.3. The molecule has 6 nitrogen and oxygen atoms in total. The lowest BCUT2D eigenvalue weighted by molar-refractivity contribution is -0.141. The average Bonchev–Trinajstić information content (AvgIpc) is 2.98. The predicted molar refractivity (Wildman–Crippen MR) is 78.9 cm³/mol. The second kappa shape index (κ2) is 5.55. The molecule has 0 aliphatic carbocycles. The van der Waals surface area contributed by atoms with Gasteiger partial charge in [-0.15, -0.1) is 0 Å². The molecule has 0 aromatic carbocycles. The molecule has 0 bridgehead atoms. The van der Waals surface area contributed by atoms with E-state index in [1.54, 1.807) is 0 Å². The van der Waals surface area contributed by atoms with Gasteiger partial charge in [0.05, 0.1) is 16.3 Å². The van der Waals surface area contributed by atoms with Gasteiger partial charge < -0.3 is 0 Å². The highest BCUT2D eigenvalue weighted by Crippen LogP contribution is 2.29. The Labute approximate surface area is 134 Å². The Morgan fingerprint density at radius 1 is 1.25 bits per heavy atom. The molecule has 3 aromatic heterocycles. The van der Waals surface area contributed by atoms with Gasteiger partial charge in [0, 0.05) is 18.5 Å². The first-order valence-electron chi connectivity index (χ1n) is 6.84. The summed E-state index contributed by atoms with van der Waals surface area (Å²) in [6.45, 7) is 1.50. The summed E-state index contributed by atoms with van der Waals surface area (Å²) in [5.41, 5.74) is -0.875. The number of fused-ring (bicyclic) bond motifs is 1. The number of rotatable bonds is 3. The van der Waals surface area contributed by atoms with E-state index in [2.05, 4.69) is 15.1 Å². The molecule has 10 heteroatoms. The Morgan fingerprint density at radius 3 is 2.67 bits per heavy atom. The highest BCUT2D eigenvalue weighted by Gasteiger charge is 2.34. The van der Waals surface area contributed by atoms with Crippen molar-refractivity contribution in [1.29, 1.82) is 0 Å². The Balaban J connectivity index is 2.18. The number of nitrogens with zero attached hydrogens (tertiary/aromatic N) is 4. The van der Waals surface area contributed by atoms with Crippen LogP contribution < -0.4 is 0 Å². The molecule has 0 N–H and O–H groups in total. The van der Waals surface area contributed by atoms with Crippen molar-refractivity contribution in [3.63, 3.8) is 0 Å². The minimum absolute atomic E-state index is 0.0140. The molecule has 3 aromatic rings. The minimum atomic E-state index is -4.59. The van der Waals surface area contributed by atoms with Crippen molar-refractivity contribution >= 4 is 15.5 Å². The molecule has 3 rings (SSSR count). The van der Waals surface area contributed by atoms with Crippen LogP contribution in [0.5, 0.6) is 0 Å². The molecule has 126 valence electrons. The molecular formula is C14H11F3N4O2S. The molecule has 0 fully saturated rings. The van der Waals surface area contributed by atoms with Gasteiger partial charge in [-0.25, -0.2) is 17.9 Å². The Morgan fingerprint density at radius 2 is 2.00 bits per heavy atom. The van der Waals surface area contributed by atoms with E-state index >= 15 is 0 Å². The number of hydrogen-bond acceptors (Lipinski definition) is 5. The van der Waals surface area contributed by atoms with E-state index in [0.717, 1.165) is 10.6 Å². The third kappa shape index (κ3) is 2.84. The van der Waals surface area contributed by atoms with Gasteiger partial charge in [0.1, 0.15) is 5.69 Å². The predicted octanol–water partition coefficient (Wildman–Crippen LogP) is 2.60. The van der Waals surface area contributed by atoms with Gasteiger partial charge in [-0.3, -0.25) is 4.98 Å². The van der Waals surface area contributed by atoms with Gasteiger partial charge in [0.25, 0.3) is 0 Å². The summed E-state index contributed by atoms with van der Waals surface area (Å²) in [4.78, 5) is 8.08. The van der Waals surface area contributed by atoms with E-state index in [1.807, 2.05) is 0 Å². The topological polar surface area (TPSA) is 77.2 Å². The lowest BCUT2D eigenvalue weighted by Crippen LogP contribution is -2.07. The van der Waals surface area contributed by atoms with Crippen LogP contribution in [0.3, 0.4) is 0 Å². The lowest BCUT2D eigenvalue weighted by atomic mass is 10.2. The summed E-state index contributed by atoms with van der Waals surface area (Å²) >= 11 is 0. The van der Waals surface area contributed by atoms with Crippen LogP contribution in [0, 0.1) is 0 Å². The van der Waals surface area contributed by atoms with E-state index < -0.39 is 21.7 Å². The first-order chi connectivity index (χ1) is 11.2. The second-order valence-corrected chi connectivity index (χ2v) is 7.14. The van der Waals surface area contributed by atoms with Crippen LogP contribution in [0.25, 0.3) is 17.0 Å². The molecule has 24 heavy (non-hydrogen) atoms. The van der Waals surface area contributed by atoms with Crippen molar-refractivity contribution in [2.45, 2.75) is 18.0 Å². The lowest BCUT2D eigenvalue weighted by Gasteiger charge is -2.07. The smallest absolute Gasteiger partial charge is 0.253 e. The van der Waals surface area contributed by atoms with Gasteiger partial charge in [0.15, 0.2) is 21.2 Å². The second-order valence-electron chi connectivity index (χ2n) is 4.90. The van der Waals surface area contributed by atoms with Crippen molar-refractivity contribution < 1.29 is 21.6 Å². The zero-order chi connectivity index (χ0) is 17.5. The SMILES string of the molecule is CCS(=O)(=O)c1cccnc1-c1ccn2nc(C(F)(F)F)cc2n1. The van der Waals surface area contributed by atoms with Gasteiger partial charge in [-0.2, -0.15) is 18.3 Å². The fourth-order valence-electron chi connectivity index (χ4n) is 2.14. The molecular weight excluding hydrogens is 345 g/mol. The summed E-state index contributed by atoms with van der Waals surface area (Å²) in [5, 5.41) is 3.40. The van der Waals surface area contributed by atoms with Gasteiger partial charge in [-0.05, 0) is 18.2 Å². The monoisotopic (exact) mass is 356 g/mol. The first kappa shape index (κ1) is 16.4. The Hall–Kier alpha value is -2.49. The molecule has 0 amide bonds. The van der Waals surface area contributed by atoms with Crippen molar-refractivity contribution in [2.24, 2.45) is 0 Å². The number of sulfone groups is 1. The molecule has 0 unspecified atom stereocenters. The fourth-order valence-corrected chi connectivity index (χ4v) is 3.19. The maximum absolute atomic E-state index is 12.7. The van der Waals surface area contributed by atoms with Gasteiger partial charge in [-0.1, -0.05) is 6.92 Å². The van der Waals surface area contributed by atoms with Crippen LogP contribution in [0.2, 0.25) is 0 Å². The summed E-state index contributed by atoms with van der Waals surface area (Å²) < 4.78 is 63.5. The molecule has 0 saturated carbocycles. The third-order valence-electron chi connectivity index (χ3n) is 3.34. The Kier molecular flexibility index (Phi) is 3.78. The molecule has 0 saturated heterocycles. The molecule has 0 aliphatic heterocycles. The third-order valence-corrected chi connectivity index (χ3v) is 5.10. The van der Waals surface area contributed by atoms with Crippen molar-refractivity contribution in [1.82, 2.24) is 19.6 Å². The maximum atomic E-state index is 12.7. The quantitative estimate of drug-likeness (QED) is 0.721. The standard InChI is InChI=1S/C14H11F3N4O2S/c1-2-24(22,23)10-4-3-6-18-13(10)9-5-7-21-12(19-9)8-11(20-21)14(15,16)17/h3-8H,2H2,1H3. The van der Waals surface area contributed by atoms with Crippen LogP contribution >= 0.6 is 0 Å². The van der Waals surface area contributed by atoms with E-state index in [-0.39, 0.29) is 27.7 Å². The normalized spacial score (nSPS) is 12.7.